The summed E-state index contributed by atoms with van der Waals surface area (Å²) in [6.07, 6.45) is 4.23. The molecule has 0 saturated heterocycles. The Morgan fingerprint density at radius 2 is 1.87 bits per heavy atom. The molecule has 0 aliphatic carbocycles. The predicted octanol–water partition coefficient (Wildman–Crippen LogP) is 2.91. The summed E-state index contributed by atoms with van der Waals surface area (Å²) in [7, 11) is 0. The van der Waals surface area contributed by atoms with Gasteiger partial charge in [-0.25, -0.2) is 9.97 Å². The van der Waals surface area contributed by atoms with Crippen LogP contribution in [0, 0.1) is 0 Å². The van der Waals surface area contributed by atoms with Gasteiger partial charge >= 0.3 is 0 Å². The molecule has 0 fully saturated rings. The minimum atomic E-state index is 0.448. The molecule has 0 amide bonds. The lowest BCUT2D eigenvalue weighted by molar-refractivity contribution is 0.598. The molecule has 84 valence electrons. The zero-order valence-corrected chi connectivity index (χ0v) is 9.95. The number of aromatic nitrogens is 2. The molecular formula is C12H21N3. The van der Waals surface area contributed by atoms with Gasteiger partial charge in [-0.2, -0.15) is 0 Å². The Kier molecular flexibility index (Phi) is 4.53. The van der Waals surface area contributed by atoms with Crippen LogP contribution in [0.15, 0.2) is 6.07 Å². The summed E-state index contributed by atoms with van der Waals surface area (Å²) >= 11 is 0. The Morgan fingerprint density at radius 3 is 2.40 bits per heavy atom. The van der Waals surface area contributed by atoms with E-state index in [1.165, 1.54) is 0 Å². The van der Waals surface area contributed by atoms with Crippen LogP contribution < -0.4 is 5.73 Å². The van der Waals surface area contributed by atoms with Gasteiger partial charge in [0, 0.05) is 17.7 Å². The zero-order valence-electron chi connectivity index (χ0n) is 9.95. The van der Waals surface area contributed by atoms with Crippen LogP contribution in [-0.4, -0.2) is 9.97 Å². The molecule has 2 N–H and O–H groups in total. The first-order chi connectivity index (χ1) is 7.21. The van der Waals surface area contributed by atoms with Crippen LogP contribution >= 0.6 is 0 Å². The number of nitrogens with zero attached hydrogens (tertiary/aromatic N) is 2. The van der Waals surface area contributed by atoms with Gasteiger partial charge in [0.15, 0.2) is 0 Å². The lowest BCUT2D eigenvalue weighted by Gasteiger charge is -2.12. The van der Waals surface area contributed by atoms with Crippen molar-refractivity contribution in [3.8, 4) is 0 Å². The number of hydrogen-bond donors (Lipinski definition) is 1. The van der Waals surface area contributed by atoms with E-state index in [9.17, 15) is 0 Å². The molecule has 3 heteroatoms. The molecule has 0 bridgehead atoms. The Hall–Kier alpha value is -1.12. The van der Waals surface area contributed by atoms with E-state index in [2.05, 4.69) is 30.7 Å². The van der Waals surface area contributed by atoms with Crippen molar-refractivity contribution in [2.45, 2.75) is 52.4 Å². The van der Waals surface area contributed by atoms with Gasteiger partial charge in [-0.05, 0) is 19.3 Å². The summed E-state index contributed by atoms with van der Waals surface area (Å²) in [6, 6.07) is 1.88. The molecule has 3 nitrogen and oxygen atoms in total. The molecule has 0 aliphatic rings. The third kappa shape index (κ3) is 3.18. The average Bonchev–Trinajstić information content (AvgIpc) is 2.19. The van der Waals surface area contributed by atoms with Crippen LogP contribution in [0.5, 0.6) is 0 Å². The third-order valence-electron chi connectivity index (χ3n) is 2.67. The number of nitrogen functional groups attached to an aromatic ring is 1. The Bertz CT molecular complexity index is 306. The molecule has 1 heterocycles. The Morgan fingerprint density at radius 1 is 1.20 bits per heavy atom. The summed E-state index contributed by atoms with van der Waals surface area (Å²) in [5.41, 5.74) is 6.86. The van der Waals surface area contributed by atoms with Gasteiger partial charge in [0.2, 0.25) is 0 Å². The fraction of sp³-hybridized carbons (Fsp3) is 0.667. The summed E-state index contributed by atoms with van der Waals surface area (Å²) < 4.78 is 0. The monoisotopic (exact) mass is 207 g/mol. The van der Waals surface area contributed by atoms with Crippen molar-refractivity contribution in [2.75, 3.05) is 5.73 Å². The first-order valence-electron chi connectivity index (χ1n) is 5.84. The molecule has 0 spiro atoms. The molecule has 0 unspecified atom stereocenters. The topological polar surface area (TPSA) is 51.8 Å². The molecule has 15 heavy (non-hydrogen) atoms. The van der Waals surface area contributed by atoms with Gasteiger partial charge in [-0.3, -0.25) is 0 Å². The van der Waals surface area contributed by atoms with E-state index in [0.717, 1.165) is 37.2 Å². The number of aryl methyl sites for hydroxylation is 1. The average molecular weight is 207 g/mol. The van der Waals surface area contributed by atoms with Crippen molar-refractivity contribution in [1.29, 1.82) is 0 Å². The van der Waals surface area contributed by atoms with Crippen LogP contribution in [0.2, 0.25) is 0 Å². The van der Waals surface area contributed by atoms with Crippen molar-refractivity contribution in [1.82, 2.24) is 9.97 Å². The molecule has 0 aromatic carbocycles. The van der Waals surface area contributed by atoms with Crippen molar-refractivity contribution in [2.24, 2.45) is 0 Å². The lowest BCUT2D eigenvalue weighted by Crippen LogP contribution is -2.07. The van der Waals surface area contributed by atoms with E-state index < -0.39 is 0 Å². The second kappa shape index (κ2) is 5.69. The maximum absolute atomic E-state index is 5.79. The smallest absolute Gasteiger partial charge is 0.134 e. The van der Waals surface area contributed by atoms with E-state index in [1.54, 1.807) is 0 Å². The highest BCUT2D eigenvalue weighted by atomic mass is 15.0. The van der Waals surface area contributed by atoms with E-state index in [-0.39, 0.29) is 0 Å². The molecule has 0 saturated carbocycles. The predicted molar refractivity (Wildman–Crippen MR) is 63.8 cm³/mol. The fourth-order valence-corrected chi connectivity index (χ4v) is 1.76. The number of anilines is 1. The fourth-order valence-electron chi connectivity index (χ4n) is 1.76. The number of nitrogens with two attached hydrogens (primary N) is 1. The quantitative estimate of drug-likeness (QED) is 0.807. The minimum Gasteiger partial charge on any atom is -0.384 e. The number of rotatable bonds is 5. The second-order valence-corrected chi connectivity index (χ2v) is 3.91. The second-order valence-electron chi connectivity index (χ2n) is 3.91. The van der Waals surface area contributed by atoms with Gasteiger partial charge in [0.25, 0.3) is 0 Å². The Labute approximate surface area is 92.1 Å². The van der Waals surface area contributed by atoms with Crippen LogP contribution in [0.1, 0.15) is 57.5 Å². The summed E-state index contributed by atoms with van der Waals surface area (Å²) in [6.45, 7) is 6.48. The SMILES string of the molecule is CCCc1cc(N)nc(C(CC)CC)n1. The first-order valence-corrected chi connectivity index (χ1v) is 5.84. The molecule has 0 radical (unpaired) electrons. The molecular weight excluding hydrogens is 186 g/mol. The van der Waals surface area contributed by atoms with Crippen LogP contribution in [0.4, 0.5) is 5.82 Å². The number of hydrogen-bond acceptors (Lipinski definition) is 3. The van der Waals surface area contributed by atoms with E-state index in [0.29, 0.717) is 11.7 Å². The van der Waals surface area contributed by atoms with Crippen LogP contribution in [0.25, 0.3) is 0 Å². The summed E-state index contributed by atoms with van der Waals surface area (Å²) in [4.78, 5) is 8.90. The zero-order chi connectivity index (χ0) is 11.3. The van der Waals surface area contributed by atoms with Gasteiger partial charge in [0.1, 0.15) is 11.6 Å². The standard InChI is InChI=1S/C12H21N3/c1-4-7-10-8-11(13)15-12(14-10)9(5-2)6-3/h8-9H,4-7H2,1-3H3,(H2,13,14,15). The highest BCUT2D eigenvalue weighted by Crippen LogP contribution is 2.20. The van der Waals surface area contributed by atoms with Crippen molar-refractivity contribution in [3.05, 3.63) is 17.6 Å². The van der Waals surface area contributed by atoms with Gasteiger partial charge < -0.3 is 5.73 Å². The van der Waals surface area contributed by atoms with Crippen molar-refractivity contribution in [3.63, 3.8) is 0 Å². The van der Waals surface area contributed by atoms with Crippen molar-refractivity contribution >= 4 is 5.82 Å². The highest BCUT2D eigenvalue weighted by Gasteiger charge is 2.11. The molecule has 1 aromatic heterocycles. The van der Waals surface area contributed by atoms with E-state index in [4.69, 9.17) is 5.73 Å². The minimum absolute atomic E-state index is 0.448. The molecule has 1 aromatic rings. The van der Waals surface area contributed by atoms with E-state index >= 15 is 0 Å². The first kappa shape index (κ1) is 12.0. The molecule has 0 atom stereocenters. The largest absolute Gasteiger partial charge is 0.384 e. The van der Waals surface area contributed by atoms with Crippen molar-refractivity contribution < 1.29 is 0 Å². The van der Waals surface area contributed by atoms with E-state index in [1.807, 2.05) is 6.07 Å². The van der Waals surface area contributed by atoms with Crippen LogP contribution in [-0.2, 0) is 6.42 Å². The van der Waals surface area contributed by atoms with Gasteiger partial charge in [0.05, 0.1) is 0 Å². The lowest BCUT2D eigenvalue weighted by atomic mass is 10.0. The third-order valence-corrected chi connectivity index (χ3v) is 2.67. The molecule has 0 aliphatic heterocycles. The van der Waals surface area contributed by atoms with Gasteiger partial charge in [-0.1, -0.05) is 27.2 Å². The van der Waals surface area contributed by atoms with Gasteiger partial charge in [-0.15, -0.1) is 0 Å². The summed E-state index contributed by atoms with van der Waals surface area (Å²) in [5.74, 6) is 1.97. The van der Waals surface area contributed by atoms with Crippen LogP contribution in [0.3, 0.4) is 0 Å². The summed E-state index contributed by atoms with van der Waals surface area (Å²) in [5, 5.41) is 0. The normalized spacial score (nSPS) is 10.9. The maximum Gasteiger partial charge on any atom is 0.134 e. The molecule has 1 rings (SSSR count). The maximum atomic E-state index is 5.79. The Balaban J connectivity index is 2.96. The highest BCUT2D eigenvalue weighted by molar-refractivity contribution is 5.30.